The Kier molecular flexibility index (Phi) is 4.35. The van der Waals surface area contributed by atoms with Gasteiger partial charge in [0.2, 0.25) is 5.91 Å². The summed E-state index contributed by atoms with van der Waals surface area (Å²) >= 11 is 3.41. The number of carbonyl (C=O) groups excluding carboxylic acids is 1. The van der Waals surface area contributed by atoms with E-state index in [9.17, 15) is 4.79 Å². The highest BCUT2D eigenvalue weighted by molar-refractivity contribution is 9.10. The van der Waals surface area contributed by atoms with E-state index in [2.05, 4.69) is 21.2 Å². The van der Waals surface area contributed by atoms with Crippen molar-refractivity contribution in [1.82, 2.24) is 0 Å². The third-order valence-electron chi connectivity index (χ3n) is 2.67. The summed E-state index contributed by atoms with van der Waals surface area (Å²) in [5.74, 6) is 0.0286. The molecule has 0 aromatic heterocycles. The van der Waals surface area contributed by atoms with E-state index >= 15 is 0 Å². The molecule has 0 radical (unpaired) electrons. The van der Waals surface area contributed by atoms with Crippen LogP contribution >= 0.6 is 15.9 Å². The Balaban J connectivity index is 2.90. The molecule has 0 spiro atoms. The van der Waals surface area contributed by atoms with Gasteiger partial charge in [-0.15, -0.1) is 0 Å². The van der Waals surface area contributed by atoms with E-state index in [-0.39, 0.29) is 11.8 Å². The number of aryl methyl sites for hydroxylation is 1. The highest BCUT2D eigenvalue weighted by Crippen LogP contribution is 2.28. The number of hydrogen-bond acceptors (Lipinski definition) is 2. The predicted molar refractivity (Wildman–Crippen MR) is 71.4 cm³/mol. The molecule has 1 aromatic carbocycles. The first-order chi connectivity index (χ1) is 7.45. The Labute approximate surface area is 105 Å². The molecular weight excluding hydrogens is 268 g/mol. The van der Waals surface area contributed by atoms with Crippen molar-refractivity contribution in [2.45, 2.75) is 27.2 Å². The largest absolute Gasteiger partial charge is 0.398 e. The topological polar surface area (TPSA) is 55.1 Å². The van der Waals surface area contributed by atoms with Crippen LogP contribution in [0.25, 0.3) is 0 Å². The number of carbonyl (C=O) groups is 1. The highest BCUT2D eigenvalue weighted by atomic mass is 79.9. The maximum absolute atomic E-state index is 11.7. The van der Waals surface area contributed by atoms with Crippen molar-refractivity contribution in [2.75, 3.05) is 11.1 Å². The Bertz CT molecular complexity index is 404. The molecule has 4 heteroatoms. The van der Waals surface area contributed by atoms with Crippen LogP contribution in [0, 0.1) is 12.8 Å². The average molecular weight is 285 g/mol. The van der Waals surface area contributed by atoms with Gasteiger partial charge in [-0.2, -0.15) is 0 Å². The molecule has 1 unspecified atom stereocenters. The van der Waals surface area contributed by atoms with Crippen LogP contribution in [-0.4, -0.2) is 5.91 Å². The molecule has 0 saturated heterocycles. The number of halogens is 1. The van der Waals surface area contributed by atoms with Crippen LogP contribution in [0.5, 0.6) is 0 Å². The van der Waals surface area contributed by atoms with Gasteiger partial charge in [0, 0.05) is 16.1 Å². The molecule has 0 aliphatic heterocycles. The quantitative estimate of drug-likeness (QED) is 0.837. The van der Waals surface area contributed by atoms with Crippen LogP contribution in [-0.2, 0) is 4.79 Å². The minimum Gasteiger partial charge on any atom is -0.398 e. The molecule has 88 valence electrons. The summed E-state index contributed by atoms with van der Waals surface area (Å²) in [7, 11) is 0. The van der Waals surface area contributed by atoms with E-state index in [0.717, 1.165) is 22.1 Å². The lowest BCUT2D eigenvalue weighted by molar-refractivity contribution is -0.119. The highest BCUT2D eigenvalue weighted by Gasteiger charge is 2.12. The second-order valence-corrected chi connectivity index (χ2v) is 4.84. The summed E-state index contributed by atoms with van der Waals surface area (Å²) in [6, 6.07) is 3.68. The van der Waals surface area contributed by atoms with Crippen molar-refractivity contribution in [3.8, 4) is 0 Å². The molecule has 0 fully saturated rings. The van der Waals surface area contributed by atoms with Gasteiger partial charge in [-0.25, -0.2) is 0 Å². The minimum atomic E-state index is 0.00873. The Morgan fingerprint density at radius 3 is 2.75 bits per heavy atom. The van der Waals surface area contributed by atoms with Gasteiger partial charge in [0.1, 0.15) is 0 Å². The van der Waals surface area contributed by atoms with Crippen molar-refractivity contribution in [3.63, 3.8) is 0 Å². The first-order valence-electron chi connectivity index (χ1n) is 5.32. The summed E-state index contributed by atoms with van der Waals surface area (Å²) in [5.41, 5.74) is 8.21. The summed E-state index contributed by atoms with van der Waals surface area (Å²) < 4.78 is 0.857. The normalized spacial score (nSPS) is 12.2. The van der Waals surface area contributed by atoms with Gasteiger partial charge in [0.25, 0.3) is 0 Å². The lowest BCUT2D eigenvalue weighted by Crippen LogP contribution is -2.20. The van der Waals surface area contributed by atoms with Crippen molar-refractivity contribution >= 4 is 33.2 Å². The smallest absolute Gasteiger partial charge is 0.227 e. The van der Waals surface area contributed by atoms with Crippen molar-refractivity contribution in [3.05, 3.63) is 22.2 Å². The fourth-order valence-electron chi connectivity index (χ4n) is 1.23. The Morgan fingerprint density at radius 1 is 1.56 bits per heavy atom. The van der Waals surface area contributed by atoms with Gasteiger partial charge < -0.3 is 11.1 Å². The SMILES string of the molecule is CCC(C)C(=O)Nc1cc(N)c(C)cc1Br. The van der Waals surface area contributed by atoms with Gasteiger partial charge in [0.15, 0.2) is 0 Å². The molecule has 0 heterocycles. The number of hydrogen-bond donors (Lipinski definition) is 2. The van der Waals surface area contributed by atoms with Gasteiger partial charge in [-0.3, -0.25) is 4.79 Å². The zero-order valence-electron chi connectivity index (χ0n) is 9.80. The van der Waals surface area contributed by atoms with Gasteiger partial charge in [-0.1, -0.05) is 13.8 Å². The van der Waals surface area contributed by atoms with Gasteiger partial charge >= 0.3 is 0 Å². The number of benzene rings is 1. The summed E-state index contributed by atoms with van der Waals surface area (Å²) in [6.45, 7) is 5.82. The number of amides is 1. The predicted octanol–water partition coefficient (Wildman–Crippen LogP) is 3.32. The van der Waals surface area contributed by atoms with E-state index in [1.54, 1.807) is 6.07 Å². The fourth-order valence-corrected chi connectivity index (χ4v) is 1.78. The van der Waals surface area contributed by atoms with Crippen molar-refractivity contribution in [1.29, 1.82) is 0 Å². The Morgan fingerprint density at radius 2 is 2.19 bits per heavy atom. The second-order valence-electron chi connectivity index (χ2n) is 3.99. The standard InChI is InChI=1S/C12H17BrN2O/c1-4-7(2)12(16)15-11-6-10(14)8(3)5-9(11)13/h5-7H,4,14H2,1-3H3,(H,15,16). The number of nitrogens with one attached hydrogen (secondary N) is 1. The lowest BCUT2D eigenvalue weighted by Gasteiger charge is -2.13. The molecule has 0 bridgehead atoms. The number of nitrogens with two attached hydrogens (primary N) is 1. The second kappa shape index (κ2) is 5.34. The molecular formula is C12H17BrN2O. The number of anilines is 2. The average Bonchev–Trinajstić information content (AvgIpc) is 2.24. The van der Waals surface area contributed by atoms with E-state index in [4.69, 9.17) is 5.73 Å². The lowest BCUT2D eigenvalue weighted by atomic mass is 10.1. The zero-order chi connectivity index (χ0) is 12.3. The Hall–Kier alpha value is -1.03. The van der Waals surface area contributed by atoms with Crippen LogP contribution in [0.1, 0.15) is 25.8 Å². The zero-order valence-corrected chi connectivity index (χ0v) is 11.4. The van der Waals surface area contributed by atoms with Crippen LogP contribution in [0.2, 0.25) is 0 Å². The third kappa shape index (κ3) is 2.98. The first kappa shape index (κ1) is 13.0. The molecule has 16 heavy (non-hydrogen) atoms. The number of nitrogen functional groups attached to an aromatic ring is 1. The molecule has 1 amide bonds. The molecule has 1 atom stereocenters. The summed E-state index contributed by atoms with van der Waals surface area (Å²) in [6.07, 6.45) is 0.824. The molecule has 1 rings (SSSR count). The van der Waals surface area contributed by atoms with E-state index in [1.165, 1.54) is 0 Å². The minimum absolute atomic E-state index is 0.00873. The number of rotatable bonds is 3. The summed E-state index contributed by atoms with van der Waals surface area (Å²) in [5, 5.41) is 2.86. The van der Waals surface area contributed by atoms with Crippen LogP contribution in [0.4, 0.5) is 11.4 Å². The van der Waals surface area contributed by atoms with Crippen LogP contribution < -0.4 is 11.1 Å². The summed E-state index contributed by atoms with van der Waals surface area (Å²) in [4.78, 5) is 11.7. The van der Waals surface area contributed by atoms with E-state index < -0.39 is 0 Å². The van der Waals surface area contributed by atoms with E-state index in [0.29, 0.717) is 5.69 Å². The maximum atomic E-state index is 11.7. The van der Waals surface area contributed by atoms with Gasteiger partial charge in [0.05, 0.1) is 5.69 Å². The van der Waals surface area contributed by atoms with Crippen LogP contribution in [0.3, 0.4) is 0 Å². The van der Waals surface area contributed by atoms with Crippen molar-refractivity contribution in [2.24, 2.45) is 5.92 Å². The molecule has 3 nitrogen and oxygen atoms in total. The molecule has 0 aliphatic carbocycles. The van der Waals surface area contributed by atoms with Crippen LogP contribution in [0.15, 0.2) is 16.6 Å². The molecule has 3 N–H and O–H groups in total. The molecule has 1 aromatic rings. The molecule has 0 aliphatic rings. The maximum Gasteiger partial charge on any atom is 0.227 e. The molecule has 0 saturated carbocycles. The third-order valence-corrected chi connectivity index (χ3v) is 3.33. The van der Waals surface area contributed by atoms with Crippen molar-refractivity contribution < 1.29 is 4.79 Å². The fraction of sp³-hybridized carbons (Fsp3) is 0.417. The van der Waals surface area contributed by atoms with E-state index in [1.807, 2.05) is 26.8 Å². The monoisotopic (exact) mass is 284 g/mol. The first-order valence-corrected chi connectivity index (χ1v) is 6.11. The van der Waals surface area contributed by atoms with Gasteiger partial charge in [-0.05, 0) is 47.0 Å².